The van der Waals surface area contributed by atoms with Gasteiger partial charge in [0.05, 0.1) is 17.2 Å². The van der Waals surface area contributed by atoms with Crippen molar-refractivity contribution in [2.45, 2.75) is 25.7 Å². The monoisotopic (exact) mass is 218 g/mol. The van der Waals surface area contributed by atoms with Crippen LogP contribution in [0.15, 0.2) is 18.5 Å². The first kappa shape index (κ1) is 11.1. The van der Waals surface area contributed by atoms with Crippen molar-refractivity contribution in [2.24, 2.45) is 12.8 Å². The Labute approximate surface area is 95.5 Å². The summed E-state index contributed by atoms with van der Waals surface area (Å²) in [4.78, 5) is 8.77. The van der Waals surface area contributed by atoms with Crippen molar-refractivity contribution in [3.63, 3.8) is 0 Å². The molecule has 0 radical (unpaired) electrons. The molecule has 0 aromatic carbocycles. The van der Waals surface area contributed by atoms with E-state index in [1.807, 2.05) is 19.3 Å². The quantitative estimate of drug-likeness (QED) is 0.851. The van der Waals surface area contributed by atoms with Crippen LogP contribution < -0.4 is 5.73 Å². The van der Waals surface area contributed by atoms with Gasteiger partial charge in [0.15, 0.2) is 0 Å². The molecule has 2 heterocycles. The van der Waals surface area contributed by atoms with Crippen LogP contribution >= 0.6 is 0 Å². The van der Waals surface area contributed by atoms with Crippen LogP contribution in [0.2, 0.25) is 0 Å². The van der Waals surface area contributed by atoms with Crippen LogP contribution in [-0.4, -0.2) is 21.1 Å². The maximum Gasteiger partial charge on any atom is 0.114 e. The van der Waals surface area contributed by atoms with Crippen molar-refractivity contribution >= 4 is 11.0 Å². The zero-order valence-electron chi connectivity index (χ0n) is 9.85. The Kier molecular flexibility index (Phi) is 3.19. The van der Waals surface area contributed by atoms with Crippen LogP contribution in [0.4, 0.5) is 0 Å². The highest BCUT2D eigenvalue weighted by Gasteiger charge is 2.16. The molecule has 0 aliphatic heterocycles. The van der Waals surface area contributed by atoms with Gasteiger partial charge in [0.25, 0.3) is 0 Å². The van der Waals surface area contributed by atoms with E-state index >= 15 is 0 Å². The lowest BCUT2D eigenvalue weighted by Crippen LogP contribution is -2.16. The van der Waals surface area contributed by atoms with Crippen LogP contribution in [0, 0.1) is 0 Å². The molecular formula is C12H18N4. The molecule has 0 saturated heterocycles. The van der Waals surface area contributed by atoms with Gasteiger partial charge in [0.1, 0.15) is 5.82 Å². The molecule has 0 amide bonds. The summed E-state index contributed by atoms with van der Waals surface area (Å²) in [6.45, 7) is 2.82. The first-order valence-corrected chi connectivity index (χ1v) is 5.74. The fourth-order valence-corrected chi connectivity index (χ4v) is 2.12. The summed E-state index contributed by atoms with van der Waals surface area (Å²) in [5.74, 6) is 1.43. The number of hydrogen-bond acceptors (Lipinski definition) is 3. The molecule has 1 unspecified atom stereocenters. The molecule has 2 N–H and O–H groups in total. The summed E-state index contributed by atoms with van der Waals surface area (Å²) in [5.41, 5.74) is 7.89. The number of fused-ring (bicyclic) bond motifs is 1. The number of imidazole rings is 1. The summed E-state index contributed by atoms with van der Waals surface area (Å²) in [7, 11) is 2.03. The van der Waals surface area contributed by atoms with Gasteiger partial charge in [-0.3, -0.25) is 4.98 Å². The molecule has 2 aromatic heterocycles. The highest BCUT2D eigenvalue weighted by Crippen LogP contribution is 2.22. The van der Waals surface area contributed by atoms with Gasteiger partial charge in [0, 0.05) is 25.7 Å². The van der Waals surface area contributed by atoms with E-state index in [1.165, 1.54) is 0 Å². The largest absolute Gasteiger partial charge is 0.330 e. The molecule has 0 bridgehead atoms. The number of nitrogens with zero attached hydrogens (tertiary/aromatic N) is 3. The van der Waals surface area contributed by atoms with E-state index in [-0.39, 0.29) is 0 Å². The third-order valence-electron chi connectivity index (χ3n) is 3.00. The molecule has 0 spiro atoms. The van der Waals surface area contributed by atoms with Gasteiger partial charge in [0.2, 0.25) is 0 Å². The van der Waals surface area contributed by atoms with E-state index in [1.54, 1.807) is 6.20 Å². The van der Waals surface area contributed by atoms with Crippen molar-refractivity contribution in [2.75, 3.05) is 6.54 Å². The van der Waals surface area contributed by atoms with Crippen LogP contribution in [0.5, 0.6) is 0 Å². The molecule has 0 saturated carbocycles. The van der Waals surface area contributed by atoms with Crippen LogP contribution in [-0.2, 0) is 7.05 Å². The Morgan fingerprint density at radius 2 is 2.31 bits per heavy atom. The molecule has 0 aliphatic rings. The minimum absolute atomic E-state index is 0.349. The third-order valence-corrected chi connectivity index (χ3v) is 3.00. The molecule has 2 aromatic rings. The van der Waals surface area contributed by atoms with Gasteiger partial charge in [-0.05, 0) is 12.5 Å². The van der Waals surface area contributed by atoms with E-state index < -0.39 is 0 Å². The number of rotatable bonds is 4. The van der Waals surface area contributed by atoms with E-state index in [2.05, 4.69) is 21.5 Å². The number of pyridine rings is 1. The molecular weight excluding hydrogens is 200 g/mol. The highest BCUT2D eigenvalue weighted by atomic mass is 15.1. The summed E-state index contributed by atoms with van der Waals surface area (Å²) in [6, 6.07) is 1.94. The Morgan fingerprint density at radius 3 is 2.94 bits per heavy atom. The van der Waals surface area contributed by atoms with Gasteiger partial charge < -0.3 is 10.3 Å². The molecule has 4 heteroatoms. The average Bonchev–Trinajstić information content (AvgIpc) is 2.64. The fraction of sp³-hybridized carbons (Fsp3) is 0.500. The molecule has 2 rings (SSSR count). The number of aryl methyl sites for hydroxylation is 1. The van der Waals surface area contributed by atoms with Gasteiger partial charge in [-0.15, -0.1) is 0 Å². The van der Waals surface area contributed by atoms with Gasteiger partial charge >= 0.3 is 0 Å². The molecule has 16 heavy (non-hydrogen) atoms. The molecule has 4 nitrogen and oxygen atoms in total. The van der Waals surface area contributed by atoms with Crippen LogP contribution in [0.3, 0.4) is 0 Å². The van der Waals surface area contributed by atoms with E-state index in [9.17, 15) is 0 Å². The normalized spacial score (nSPS) is 13.2. The van der Waals surface area contributed by atoms with Gasteiger partial charge in [-0.1, -0.05) is 13.3 Å². The van der Waals surface area contributed by atoms with Gasteiger partial charge in [-0.25, -0.2) is 4.98 Å². The summed E-state index contributed by atoms with van der Waals surface area (Å²) in [5, 5.41) is 0. The second kappa shape index (κ2) is 4.61. The predicted octanol–water partition coefficient (Wildman–Crippen LogP) is 1.81. The second-order valence-corrected chi connectivity index (χ2v) is 4.11. The number of aromatic nitrogens is 3. The van der Waals surface area contributed by atoms with Crippen LogP contribution in [0.1, 0.15) is 31.5 Å². The molecule has 0 aliphatic carbocycles. The Morgan fingerprint density at radius 1 is 1.50 bits per heavy atom. The SMILES string of the molecule is CCCC(CN)c1nc2ccncc2n1C. The standard InChI is InChI=1S/C12H18N4/c1-3-4-9(7-13)12-15-10-5-6-14-8-11(10)16(12)2/h5-6,8-9H,3-4,7,13H2,1-2H3. The van der Waals surface area contributed by atoms with E-state index in [0.29, 0.717) is 12.5 Å². The number of hydrogen-bond donors (Lipinski definition) is 1. The molecule has 0 fully saturated rings. The van der Waals surface area contributed by atoms with E-state index in [0.717, 1.165) is 29.7 Å². The lowest BCUT2D eigenvalue weighted by Gasteiger charge is -2.13. The lowest BCUT2D eigenvalue weighted by atomic mass is 10.0. The summed E-state index contributed by atoms with van der Waals surface area (Å²) >= 11 is 0. The Balaban J connectivity index is 2.47. The Bertz CT molecular complexity index is 475. The maximum absolute atomic E-state index is 5.81. The first-order chi connectivity index (χ1) is 7.77. The van der Waals surface area contributed by atoms with Crippen molar-refractivity contribution in [3.8, 4) is 0 Å². The maximum atomic E-state index is 5.81. The third kappa shape index (κ3) is 1.80. The topological polar surface area (TPSA) is 56.7 Å². The van der Waals surface area contributed by atoms with Crippen molar-refractivity contribution in [3.05, 3.63) is 24.3 Å². The minimum Gasteiger partial charge on any atom is -0.330 e. The summed E-state index contributed by atoms with van der Waals surface area (Å²) in [6.07, 6.45) is 5.84. The lowest BCUT2D eigenvalue weighted by molar-refractivity contribution is 0.572. The molecule has 86 valence electrons. The predicted molar refractivity (Wildman–Crippen MR) is 65.2 cm³/mol. The smallest absolute Gasteiger partial charge is 0.114 e. The van der Waals surface area contributed by atoms with Gasteiger partial charge in [-0.2, -0.15) is 0 Å². The van der Waals surface area contributed by atoms with Crippen LogP contribution in [0.25, 0.3) is 11.0 Å². The zero-order valence-corrected chi connectivity index (χ0v) is 9.85. The van der Waals surface area contributed by atoms with Crippen molar-refractivity contribution in [1.82, 2.24) is 14.5 Å². The van der Waals surface area contributed by atoms with Crippen molar-refractivity contribution < 1.29 is 0 Å². The number of nitrogens with two attached hydrogens (primary N) is 1. The second-order valence-electron chi connectivity index (χ2n) is 4.11. The highest BCUT2D eigenvalue weighted by molar-refractivity contribution is 5.74. The van der Waals surface area contributed by atoms with E-state index in [4.69, 9.17) is 5.73 Å². The first-order valence-electron chi connectivity index (χ1n) is 5.74. The zero-order chi connectivity index (χ0) is 11.5. The average molecular weight is 218 g/mol. The fourth-order valence-electron chi connectivity index (χ4n) is 2.12. The minimum atomic E-state index is 0.349. The van der Waals surface area contributed by atoms with Crippen molar-refractivity contribution in [1.29, 1.82) is 0 Å². The molecule has 1 atom stereocenters. The Hall–Kier alpha value is -1.42. The summed E-state index contributed by atoms with van der Waals surface area (Å²) < 4.78 is 2.11.